The topological polar surface area (TPSA) is 84.0 Å². The van der Waals surface area contributed by atoms with Gasteiger partial charge in [0, 0.05) is 5.69 Å². The normalized spacial score (nSPS) is 10.7. The number of aromatic nitrogens is 2. The summed E-state index contributed by atoms with van der Waals surface area (Å²) in [4.78, 5) is 36.6. The number of carbonyl (C=O) groups excluding carboxylic acids is 1. The van der Waals surface area contributed by atoms with Crippen LogP contribution in [0.15, 0.2) is 58.1 Å². The first kappa shape index (κ1) is 15.7. The van der Waals surface area contributed by atoms with E-state index in [2.05, 4.69) is 10.4 Å². The number of nitrogens with one attached hydrogen (secondary N) is 2. The lowest BCUT2D eigenvalue weighted by atomic mass is 10.1. The molecule has 0 spiro atoms. The van der Waals surface area contributed by atoms with E-state index in [4.69, 9.17) is 0 Å². The van der Waals surface area contributed by atoms with Crippen molar-refractivity contribution in [2.24, 2.45) is 0 Å². The SMILES string of the molecule is CCc1cccc(NC(=O)Cn2[nH]c(=O)c3ccccc3c2=O)c1. The molecule has 1 amide bonds. The summed E-state index contributed by atoms with van der Waals surface area (Å²) in [5, 5.41) is 5.79. The molecule has 0 atom stereocenters. The maximum atomic E-state index is 12.4. The van der Waals surface area contributed by atoms with Gasteiger partial charge < -0.3 is 5.32 Å². The molecule has 2 aromatic carbocycles. The van der Waals surface area contributed by atoms with Gasteiger partial charge in [0.15, 0.2) is 0 Å². The maximum Gasteiger partial charge on any atom is 0.273 e. The molecule has 0 aliphatic heterocycles. The summed E-state index contributed by atoms with van der Waals surface area (Å²) in [5.74, 6) is -0.378. The van der Waals surface area contributed by atoms with Crippen LogP contribution < -0.4 is 16.4 Å². The summed E-state index contributed by atoms with van der Waals surface area (Å²) < 4.78 is 1.03. The highest BCUT2D eigenvalue weighted by atomic mass is 16.2. The summed E-state index contributed by atoms with van der Waals surface area (Å²) in [5.41, 5.74) is 0.966. The first-order valence-electron chi connectivity index (χ1n) is 7.69. The number of benzene rings is 2. The molecular weight excluding hydrogens is 306 g/mol. The molecule has 0 saturated heterocycles. The zero-order valence-corrected chi connectivity index (χ0v) is 13.2. The number of hydrogen-bond acceptors (Lipinski definition) is 3. The fraction of sp³-hybridized carbons (Fsp3) is 0.167. The largest absolute Gasteiger partial charge is 0.324 e. The molecule has 6 nitrogen and oxygen atoms in total. The van der Waals surface area contributed by atoms with Crippen LogP contribution >= 0.6 is 0 Å². The highest BCUT2D eigenvalue weighted by Crippen LogP contribution is 2.11. The van der Waals surface area contributed by atoms with E-state index in [0.29, 0.717) is 16.5 Å². The minimum absolute atomic E-state index is 0.255. The molecule has 0 aliphatic carbocycles. The summed E-state index contributed by atoms with van der Waals surface area (Å²) in [6.45, 7) is 1.77. The van der Waals surface area contributed by atoms with Gasteiger partial charge in [0.1, 0.15) is 6.54 Å². The van der Waals surface area contributed by atoms with E-state index in [0.717, 1.165) is 16.7 Å². The molecule has 0 unspecified atom stereocenters. The number of aromatic amines is 1. The number of H-pyrrole nitrogens is 1. The van der Waals surface area contributed by atoms with Crippen LogP contribution in [0.5, 0.6) is 0 Å². The van der Waals surface area contributed by atoms with E-state index >= 15 is 0 Å². The number of anilines is 1. The molecular formula is C18H17N3O3. The summed E-state index contributed by atoms with van der Waals surface area (Å²) in [6, 6.07) is 14.0. The van der Waals surface area contributed by atoms with E-state index in [-0.39, 0.29) is 12.5 Å². The first-order chi connectivity index (χ1) is 11.6. The lowest BCUT2D eigenvalue weighted by molar-refractivity contribution is -0.117. The van der Waals surface area contributed by atoms with Gasteiger partial charge in [-0.05, 0) is 36.2 Å². The van der Waals surface area contributed by atoms with Gasteiger partial charge >= 0.3 is 0 Å². The van der Waals surface area contributed by atoms with Crippen LogP contribution in [-0.2, 0) is 17.8 Å². The molecule has 0 radical (unpaired) electrons. The highest BCUT2D eigenvalue weighted by molar-refractivity contribution is 5.90. The number of carbonyl (C=O) groups is 1. The lowest BCUT2D eigenvalue weighted by Crippen LogP contribution is -2.34. The third kappa shape index (κ3) is 3.12. The number of fused-ring (bicyclic) bond motifs is 1. The van der Waals surface area contributed by atoms with Crippen LogP contribution in [0.2, 0.25) is 0 Å². The first-order valence-corrected chi connectivity index (χ1v) is 7.69. The Morgan fingerprint density at radius 3 is 2.58 bits per heavy atom. The van der Waals surface area contributed by atoms with E-state index < -0.39 is 11.1 Å². The van der Waals surface area contributed by atoms with Gasteiger partial charge in [-0.3, -0.25) is 19.5 Å². The van der Waals surface area contributed by atoms with Crippen molar-refractivity contribution in [3.63, 3.8) is 0 Å². The van der Waals surface area contributed by atoms with E-state index in [1.165, 1.54) is 0 Å². The Bertz CT molecular complexity index is 1020. The smallest absolute Gasteiger partial charge is 0.273 e. The predicted molar refractivity (Wildman–Crippen MR) is 93.3 cm³/mol. The fourth-order valence-electron chi connectivity index (χ4n) is 2.57. The average Bonchev–Trinajstić information content (AvgIpc) is 2.59. The molecule has 2 N–H and O–H groups in total. The van der Waals surface area contributed by atoms with Crippen LogP contribution in [0.4, 0.5) is 5.69 Å². The molecule has 0 aliphatic rings. The Labute approximate surface area is 137 Å². The predicted octanol–water partition coefficient (Wildman–Crippen LogP) is 1.89. The molecule has 6 heteroatoms. The van der Waals surface area contributed by atoms with Crippen molar-refractivity contribution in [1.82, 2.24) is 9.78 Å². The molecule has 122 valence electrons. The number of aryl methyl sites for hydroxylation is 1. The van der Waals surface area contributed by atoms with Crippen LogP contribution in [0.25, 0.3) is 10.8 Å². The third-order valence-electron chi connectivity index (χ3n) is 3.80. The summed E-state index contributed by atoms with van der Waals surface area (Å²) >= 11 is 0. The zero-order valence-electron chi connectivity index (χ0n) is 13.2. The maximum absolute atomic E-state index is 12.4. The molecule has 0 fully saturated rings. The van der Waals surface area contributed by atoms with Crippen molar-refractivity contribution >= 4 is 22.4 Å². The second kappa shape index (κ2) is 6.54. The molecule has 1 aromatic heterocycles. The molecule has 0 saturated carbocycles. The van der Waals surface area contributed by atoms with Crippen LogP contribution in [0.3, 0.4) is 0 Å². The highest BCUT2D eigenvalue weighted by Gasteiger charge is 2.10. The summed E-state index contributed by atoms with van der Waals surface area (Å²) in [7, 11) is 0. The van der Waals surface area contributed by atoms with Crippen molar-refractivity contribution in [2.75, 3.05) is 5.32 Å². The standard InChI is InChI=1S/C18H17N3O3/c1-2-12-6-5-7-13(10-12)19-16(22)11-21-18(24)15-9-4-3-8-14(15)17(23)20-21/h3-10H,2,11H2,1H3,(H,19,22)(H,20,23). The Hall–Kier alpha value is -3.15. The Morgan fingerprint density at radius 2 is 1.83 bits per heavy atom. The molecule has 3 aromatic rings. The minimum Gasteiger partial charge on any atom is -0.324 e. The number of rotatable bonds is 4. The van der Waals surface area contributed by atoms with Crippen molar-refractivity contribution in [2.45, 2.75) is 19.9 Å². The second-order valence-electron chi connectivity index (χ2n) is 5.48. The minimum atomic E-state index is -0.400. The van der Waals surface area contributed by atoms with Gasteiger partial charge in [0.25, 0.3) is 11.1 Å². The lowest BCUT2D eigenvalue weighted by Gasteiger charge is -2.09. The van der Waals surface area contributed by atoms with Gasteiger partial charge in [-0.1, -0.05) is 31.2 Å². The van der Waals surface area contributed by atoms with Crippen molar-refractivity contribution in [3.8, 4) is 0 Å². The van der Waals surface area contributed by atoms with Crippen molar-refractivity contribution in [3.05, 3.63) is 74.8 Å². The van der Waals surface area contributed by atoms with Gasteiger partial charge in [-0.15, -0.1) is 0 Å². The van der Waals surface area contributed by atoms with E-state index in [1.54, 1.807) is 30.3 Å². The van der Waals surface area contributed by atoms with Gasteiger partial charge in [-0.2, -0.15) is 0 Å². The van der Waals surface area contributed by atoms with Gasteiger partial charge in [0.05, 0.1) is 10.8 Å². The van der Waals surface area contributed by atoms with E-state index in [1.807, 2.05) is 25.1 Å². The van der Waals surface area contributed by atoms with Gasteiger partial charge in [-0.25, -0.2) is 4.68 Å². The van der Waals surface area contributed by atoms with Crippen LogP contribution in [0, 0.1) is 0 Å². The fourth-order valence-corrected chi connectivity index (χ4v) is 2.57. The molecule has 24 heavy (non-hydrogen) atoms. The van der Waals surface area contributed by atoms with Crippen LogP contribution in [-0.4, -0.2) is 15.7 Å². The number of hydrogen-bond donors (Lipinski definition) is 2. The monoisotopic (exact) mass is 323 g/mol. The molecule has 0 bridgehead atoms. The Kier molecular flexibility index (Phi) is 4.29. The van der Waals surface area contributed by atoms with Crippen molar-refractivity contribution in [1.29, 1.82) is 0 Å². The van der Waals surface area contributed by atoms with Crippen molar-refractivity contribution < 1.29 is 4.79 Å². The molecule has 3 rings (SSSR count). The average molecular weight is 323 g/mol. The number of nitrogens with zero attached hydrogens (tertiary/aromatic N) is 1. The third-order valence-corrected chi connectivity index (χ3v) is 3.80. The van der Waals surface area contributed by atoms with Crippen LogP contribution in [0.1, 0.15) is 12.5 Å². The Balaban J connectivity index is 1.87. The second-order valence-corrected chi connectivity index (χ2v) is 5.48. The molecule has 1 heterocycles. The zero-order chi connectivity index (χ0) is 17.1. The quantitative estimate of drug-likeness (QED) is 0.769. The van der Waals surface area contributed by atoms with E-state index in [9.17, 15) is 14.4 Å². The van der Waals surface area contributed by atoms with Gasteiger partial charge in [0.2, 0.25) is 5.91 Å². The number of amides is 1. The summed E-state index contributed by atoms with van der Waals surface area (Å²) in [6.07, 6.45) is 0.862. The Morgan fingerprint density at radius 1 is 1.08 bits per heavy atom.